The van der Waals surface area contributed by atoms with E-state index in [0.717, 1.165) is 28.1 Å². The van der Waals surface area contributed by atoms with Crippen LogP contribution in [0.5, 0.6) is 0 Å². The maximum atomic E-state index is 13.2. The predicted octanol–water partition coefficient (Wildman–Crippen LogP) is 5.02. The van der Waals surface area contributed by atoms with Gasteiger partial charge in [0.1, 0.15) is 0 Å². The molecule has 0 spiro atoms. The monoisotopic (exact) mass is 471 g/mol. The van der Waals surface area contributed by atoms with E-state index in [1.807, 2.05) is 49.4 Å². The van der Waals surface area contributed by atoms with E-state index in [4.69, 9.17) is 16.6 Å². The number of nitrogens with zero attached hydrogens (tertiary/aromatic N) is 2. The summed E-state index contributed by atoms with van der Waals surface area (Å²) in [6, 6.07) is 15.2. The Bertz CT molecular complexity index is 1180. The Hall–Kier alpha value is -2.22. The molecule has 3 aromatic rings. The Morgan fingerprint density at radius 3 is 2.81 bits per heavy atom. The van der Waals surface area contributed by atoms with Crippen LogP contribution in [0.4, 0.5) is 5.69 Å². The van der Waals surface area contributed by atoms with Crippen molar-refractivity contribution >= 4 is 46.7 Å². The SMILES string of the molecule is Cc1ccc(NC(=O)CSc2nc3c(c(=O)n2Cc2ccccc2)SC(C)C3)cc1Cl. The van der Waals surface area contributed by atoms with Gasteiger partial charge in [0.05, 0.1) is 22.9 Å². The molecule has 2 aromatic carbocycles. The molecule has 5 nitrogen and oxygen atoms in total. The standard InChI is InChI=1S/C23H22ClN3O2S2/c1-14-8-9-17(11-18(14)24)25-20(28)13-30-23-26-19-10-15(2)31-21(19)22(29)27(23)12-16-6-4-3-5-7-16/h3-9,11,15H,10,12-13H2,1-2H3,(H,25,28). The zero-order valence-electron chi connectivity index (χ0n) is 17.2. The number of nitrogens with one attached hydrogen (secondary N) is 1. The van der Waals surface area contributed by atoms with Gasteiger partial charge in [-0.2, -0.15) is 0 Å². The van der Waals surface area contributed by atoms with Gasteiger partial charge in [0.25, 0.3) is 5.56 Å². The van der Waals surface area contributed by atoms with Crippen LogP contribution in [-0.2, 0) is 17.8 Å². The first kappa shape index (κ1) is 22.0. The lowest BCUT2D eigenvalue weighted by Gasteiger charge is -2.14. The van der Waals surface area contributed by atoms with Gasteiger partial charge in [-0.15, -0.1) is 11.8 Å². The molecule has 1 N–H and O–H groups in total. The van der Waals surface area contributed by atoms with Crippen LogP contribution >= 0.6 is 35.1 Å². The zero-order valence-corrected chi connectivity index (χ0v) is 19.6. The first-order valence-corrected chi connectivity index (χ1v) is 12.2. The van der Waals surface area contributed by atoms with Crippen molar-refractivity contribution in [1.82, 2.24) is 9.55 Å². The van der Waals surface area contributed by atoms with Crippen LogP contribution in [0.15, 0.2) is 63.4 Å². The number of fused-ring (bicyclic) bond motifs is 1. The number of hydrogen-bond donors (Lipinski definition) is 1. The zero-order chi connectivity index (χ0) is 22.0. The minimum atomic E-state index is -0.173. The summed E-state index contributed by atoms with van der Waals surface area (Å²) < 4.78 is 1.68. The van der Waals surface area contributed by atoms with E-state index >= 15 is 0 Å². The van der Waals surface area contributed by atoms with Gasteiger partial charge in [0, 0.05) is 22.4 Å². The quantitative estimate of drug-likeness (QED) is 0.404. The van der Waals surface area contributed by atoms with Crippen molar-refractivity contribution in [2.45, 2.75) is 42.1 Å². The first-order valence-electron chi connectivity index (χ1n) is 9.94. The van der Waals surface area contributed by atoms with Gasteiger partial charge >= 0.3 is 0 Å². The maximum Gasteiger partial charge on any atom is 0.268 e. The molecule has 0 saturated carbocycles. The van der Waals surface area contributed by atoms with E-state index in [9.17, 15) is 9.59 Å². The first-order chi connectivity index (χ1) is 14.9. The molecule has 1 aromatic heterocycles. The molecule has 1 unspecified atom stereocenters. The van der Waals surface area contributed by atoms with Gasteiger partial charge in [-0.25, -0.2) is 4.98 Å². The normalized spacial score (nSPS) is 15.0. The van der Waals surface area contributed by atoms with Gasteiger partial charge in [0.2, 0.25) is 5.91 Å². The average Bonchev–Trinajstić information content (AvgIpc) is 3.13. The fourth-order valence-electron chi connectivity index (χ4n) is 3.34. The highest BCUT2D eigenvalue weighted by molar-refractivity contribution is 8.00. The number of carbonyl (C=O) groups excluding carboxylic acids is 1. The molecule has 0 bridgehead atoms. The van der Waals surface area contributed by atoms with Crippen molar-refractivity contribution in [3.63, 3.8) is 0 Å². The number of rotatable bonds is 6. The number of thioether (sulfide) groups is 2. The van der Waals surface area contributed by atoms with Gasteiger partial charge in [-0.05, 0) is 30.2 Å². The lowest BCUT2D eigenvalue weighted by Crippen LogP contribution is -2.26. The molecule has 2 heterocycles. The second-order valence-electron chi connectivity index (χ2n) is 7.48. The number of aryl methyl sites for hydroxylation is 1. The lowest BCUT2D eigenvalue weighted by molar-refractivity contribution is -0.113. The molecule has 0 fully saturated rings. The van der Waals surface area contributed by atoms with E-state index in [2.05, 4.69) is 12.2 Å². The second-order valence-corrected chi connectivity index (χ2v) is 10.3. The smallest absolute Gasteiger partial charge is 0.268 e. The maximum absolute atomic E-state index is 13.2. The summed E-state index contributed by atoms with van der Waals surface area (Å²) in [5, 5.41) is 4.36. The van der Waals surface area contributed by atoms with E-state index in [0.29, 0.717) is 27.7 Å². The van der Waals surface area contributed by atoms with Gasteiger partial charge in [-0.1, -0.05) is 66.7 Å². The predicted molar refractivity (Wildman–Crippen MR) is 129 cm³/mol. The van der Waals surface area contributed by atoms with Crippen LogP contribution in [-0.4, -0.2) is 26.5 Å². The molecular formula is C23H22ClN3O2S2. The van der Waals surface area contributed by atoms with Crippen LogP contribution in [0.2, 0.25) is 5.02 Å². The Labute approximate surface area is 194 Å². The highest BCUT2D eigenvalue weighted by atomic mass is 35.5. The molecule has 0 aliphatic carbocycles. The summed E-state index contributed by atoms with van der Waals surface area (Å²) in [6.07, 6.45) is 0.767. The average molecular weight is 472 g/mol. The summed E-state index contributed by atoms with van der Waals surface area (Å²) in [6.45, 7) is 4.43. The third-order valence-electron chi connectivity index (χ3n) is 4.93. The number of aromatic nitrogens is 2. The summed E-state index contributed by atoms with van der Waals surface area (Å²) in [5.41, 5.74) is 3.42. The van der Waals surface area contributed by atoms with Crippen molar-refractivity contribution in [2.24, 2.45) is 0 Å². The number of hydrogen-bond acceptors (Lipinski definition) is 5. The summed E-state index contributed by atoms with van der Waals surface area (Å²) in [7, 11) is 0. The minimum Gasteiger partial charge on any atom is -0.325 e. The van der Waals surface area contributed by atoms with Gasteiger partial charge in [0.15, 0.2) is 5.16 Å². The Kier molecular flexibility index (Phi) is 6.74. The lowest BCUT2D eigenvalue weighted by atomic mass is 10.2. The van der Waals surface area contributed by atoms with Crippen molar-refractivity contribution in [1.29, 1.82) is 0 Å². The molecular weight excluding hydrogens is 450 g/mol. The molecule has 1 amide bonds. The summed E-state index contributed by atoms with van der Waals surface area (Å²) in [4.78, 5) is 31.2. The fraction of sp³-hybridized carbons (Fsp3) is 0.261. The van der Waals surface area contributed by atoms with Crippen LogP contribution in [0, 0.1) is 6.92 Å². The molecule has 0 saturated heterocycles. The molecule has 0 radical (unpaired) electrons. The Balaban J connectivity index is 1.56. The Morgan fingerprint density at radius 2 is 2.06 bits per heavy atom. The number of benzene rings is 2. The van der Waals surface area contributed by atoms with Crippen molar-refractivity contribution < 1.29 is 4.79 Å². The van der Waals surface area contributed by atoms with Gasteiger partial charge in [-0.3, -0.25) is 14.2 Å². The topological polar surface area (TPSA) is 64.0 Å². The number of halogens is 1. The molecule has 1 aliphatic heterocycles. The van der Waals surface area contributed by atoms with Crippen LogP contribution in [0.25, 0.3) is 0 Å². The second kappa shape index (κ2) is 9.51. The van der Waals surface area contributed by atoms with Crippen LogP contribution in [0.3, 0.4) is 0 Å². The Morgan fingerprint density at radius 1 is 1.29 bits per heavy atom. The number of amides is 1. The van der Waals surface area contributed by atoms with Crippen molar-refractivity contribution in [3.8, 4) is 0 Å². The third-order valence-corrected chi connectivity index (χ3v) is 7.53. The van der Waals surface area contributed by atoms with E-state index in [1.165, 1.54) is 11.8 Å². The van der Waals surface area contributed by atoms with Crippen molar-refractivity contribution in [2.75, 3.05) is 11.1 Å². The van der Waals surface area contributed by atoms with Gasteiger partial charge < -0.3 is 5.32 Å². The molecule has 1 atom stereocenters. The summed E-state index contributed by atoms with van der Waals surface area (Å²) >= 11 is 9.01. The van der Waals surface area contributed by atoms with Crippen LogP contribution < -0.4 is 10.9 Å². The highest BCUT2D eigenvalue weighted by Crippen LogP contribution is 2.34. The van der Waals surface area contributed by atoms with Crippen molar-refractivity contribution in [3.05, 3.63) is 80.7 Å². The molecule has 1 aliphatic rings. The van der Waals surface area contributed by atoms with E-state index < -0.39 is 0 Å². The molecule has 4 rings (SSSR count). The van der Waals surface area contributed by atoms with E-state index in [-0.39, 0.29) is 17.2 Å². The number of anilines is 1. The molecule has 31 heavy (non-hydrogen) atoms. The number of carbonyl (C=O) groups is 1. The van der Waals surface area contributed by atoms with Crippen LogP contribution in [0.1, 0.15) is 23.7 Å². The third kappa shape index (κ3) is 5.17. The fourth-order valence-corrected chi connectivity index (χ4v) is 5.46. The summed E-state index contributed by atoms with van der Waals surface area (Å²) in [5.74, 6) is -0.0255. The molecule has 160 valence electrons. The largest absolute Gasteiger partial charge is 0.325 e. The minimum absolute atomic E-state index is 0.0311. The highest BCUT2D eigenvalue weighted by Gasteiger charge is 2.26. The van der Waals surface area contributed by atoms with E-state index in [1.54, 1.807) is 22.4 Å². The molecule has 8 heteroatoms.